The number of nitriles is 1. The molecular formula is C27H29N5O2. The molecule has 1 amide bonds. The van der Waals surface area contributed by atoms with E-state index in [9.17, 15) is 4.79 Å². The second kappa shape index (κ2) is 9.32. The predicted molar refractivity (Wildman–Crippen MR) is 131 cm³/mol. The van der Waals surface area contributed by atoms with Gasteiger partial charge in [-0.15, -0.1) is 0 Å². The molecule has 2 atom stereocenters. The lowest BCUT2D eigenvalue weighted by Crippen LogP contribution is -2.47. The van der Waals surface area contributed by atoms with E-state index in [1.165, 1.54) is 5.56 Å². The number of carbonyl (C=O) groups is 1. The summed E-state index contributed by atoms with van der Waals surface area (Å²) in [5, 5.41) is 14.0. The molecule has 5 rings (SSSR count). The van der Waals surface area contributed by atoms with Crippen molar-refractivity contribution in [1.29, 1.82) is 5.26 Å². The van der Waals surface area contributed by atoms with Gasteiger partial charge in [0.05, 0.1) is 29.2 Å². The Bertz CT molecular complexity index is 1380. The number of hydrogen-bond donors (Lipinski definition) is 2. The second-order valence-corrected chi connectivity index (χ2v) is 9.06. The van der Waals surface area contributed by atoms with Crippen LogP contribution in [0.1, 0.15) is 60.1 Å². The Morgan fingerprint density at radius 3 is 2.94 bits per heavy atom. The number of carbonyl (C=O) groups excluding carboxylic acids is 1. The molecule has 1 saturated carbocycles. The number of hydrogen-bond acceptors (Lipinski definition) is 5. The number of benzene rings is 2. The normalized spacial score (nSPS) is 18.3. The van der Waals surface area contributed by atoms with Crippen molar-refractivity contribution in [3.8, 4) is 6.07 Å². The minimum atomic E-state index is -0.0870. The van der Waals surface area contributed by atoms with Crippen LogP contribution in [0.25, 0.3) is 22.0 Å². The van der Waals surface area contributed by atoms with E-state index in [2.05, 4.69) is 34.3 Å². The number of amides is 1. The van der Waals surface area contributed by atoms with Gasteiger partial charge in [0.25, 0.3) is 5.91 Å². The standard InChI is InChI=1S/C27H29N5O2/c1-3-32(27(33)26-30-22-12-11-18(15-28)13-23(22)31-26)20-8-6-7-19(14-20)29-16-25-17(2)21-9-4-5-10-24(21)34-25/h4-5,9-13,19-20,29H,3,6-8,14,16H2,1-2H3,(H,30,31)/t19-,20+/m1/s1. The number of H-pyrrole nitrogens is 1. The lowest BCUT2D eigenvalue weighted by atomic mass is 9.89. The van der Waals surface area contributed by atoms with E-state index < -0.39 is 0 Å². The smallest absolute Gasteiger partial charge is 0.289 e. The Morgan fingerprint density at radius 2 is 2.15 bits per heavy atom. The molecule has 7 nitrogen and oxygen atoms in total. The summed E-state index contributed by atoms with van der Waals surface area (Å²) in [6.07, 6.45) is 4.04. The minimum Gasteiger partial charge on any atom is -0.459 e. The molecular weight excluding hydrogens is 426 g/mol. The van der Waals surface area contributed by atoms with Crippen LogP contribution in [0.2, 0.25) is 0 Å². The first kappa shape index (κ1) is 22.2. The van der Waals surface area contributed by atoms with E-state index in [1.54, 1.807) is 18.2 Å². The zero-order valence-corrected chi connectivity index (χ0v) is 19.6. The van der Waals surface area contributed by atoms with Crippen molar-refractivity contribution in [3.63, 3.8) is 0 Å². The van der Waals surface area contributed by atoms with Crippen LogP contribution < -0.4 is 5.32 Å². The van der Waals surface area contributed by atoms with E-state index in [0.717, 1.165) is 47.9 Å². The zero-order valence-electron chi connectivity index (χ0n) is 19.6. The highest BCUT2D eigenvalue weighted by molar-refractivity contribution is 5.94. The molecule has 174 valence electrons. The van der Waals surface area contributed by atoms with Crippen LogP contribution in [-0.4, -0.2) is 39.4 Å². The summed E-state index contributed by atoms with van der Waals surface area (Å²) in [6.45, 7) is 5.43. The van der Waals surface area contributed by atoms with E-state index in [4.69, 9.17) is 9.68 Å². The van der Waals surface area contributed by atoms with Gasteiger partial charge in [0.1, 0.15) is 11.3 Å². The molecule has 1 aliphatic rings. The maximum atomic E-state index is 13.4. The summed E-state index contributed by atoms with van der Waals surface area (Å²) in [5.41, 5.74) is 4.05. The lowest BCUT2D eigenvalue weighted by Gasteiger charge is -2.37. The van der Waals surface area contributed by atoms with Gasteiger partial charge in [-0.25, -0.2) is 4.98 Å². The minimum absolute atomic E-state index is 0.0870. The quantitative estimate of drug-likeness (QED) is 0.424. The third kappa shape index (κ3) is 4.17. The van der Waals surface area contributed by atoms with Crippen LogP contribution in [0.15, 0.2) is 46.9 Å². The van der Waals surface area contributed by atoms with E-state index >= 15 is 0 Å². The van der Waals surface area contributed by atoms with Gasteiger partial charge >= 0.3 is 0 Å². The molecule has 2 aromatic carbocycles. The number of nitrogens with one attached hydrogen (secondary N) is 2. The summed E-state index contributed by atoms with van der Waals surface area (Å²) in [7, 11) is 0. The number of aromatic amines is 1. The van der Waals surface area contributed by atoms with Gasteiger partial charge < -0.3 is 19.6 Å². The van der Waals surface area contributed by atoms with Crippen LogP contribution in [-0.2, 0) is 6.54 Å². The second-order valence-electron chi connectivity index (χ2n) is 9.06. The molecule has 0 unspecified atom stereocenters. The van der Waals surface area contributed by atoms with Crippen molar-refractivity contribution in [3.05, 3.63) is 65.2 Å². The Kier molecular flexibility index (Phi) is 6.08. The number of furan rings is 1. The summed E-state index contributed by atoms with van der Waals surface area (Å²) < 4.78 is 6.07. The first-order valence-corrected chi connectivity index (χ1v) is 12.0. The van der Waals surface area contributed by atoms with Crippen LogP contribution in [0.3, 0.4) is 0 Å². The molecule has 7 heteroatoms. The Morgan fingerprint density at radius 1 is 1.29 bits per heavy atom. The number of para-hydroxylation sites is 1. The molecule has 0 spiro atoms. The molecule has 0 aliphatic heterocycles. The maximum Gasteiger partial charge on any atom is 0.289 e. The van der Waals surface area contributed by atoms with Crippen LogP contribution in [0, 0.1) is 18.3 Å². The number of fused-ring (bicyclic) bond motifs is 2. The van der Waals surface area contributed by atoms with Crippen molar-refractivity contribution in [2.75, 3.05) is 6.54 Å². The topological polar surface area (TPSA) is 98.0 Å². The Labute approximate surface area is 198 Å². The summed E-state index contributed by atoms with van der Waals surface area (Å²) in [4.78, 5) is 22.9. The van der Waals surface area contributed by atoms with Crippen LogP contribution in [0.4, 0.5) is 0 Å². The van der Waals surface area contributed by atoms with Crippen molar-refractivity contribution in [2.45, 2.75) is 58.2 Å². The van der Waals surface area contributed by atoms with Gasteiger partial charge in [-0.1, -0.05) is 18.2 Å². The van der Waals surface area contributed by atoms with Gasteiger partial charge in [0, 0.05) is 24.0 Å². The van der Waals surface area contributed by atoms with Gasteiger partial charge in [-0.2, -0.15) is 5.26 Å². The van der Waals surface area contributed by atoms with Crippen molar-refractivity contribution in [1.82, 2.24) is 20.2 Å². The third-order valence-electron chi connectivity index (χ3n) is 7.00. The van der Waals surface area contributed by atoms with Gasteiger partial charge in [0.15, 0.2) is 5.82 Å². The lowest BCUT2D eigenvalue weighted by molar-refractivity contribution is 0.0616. The highest BCUT2D eigenvalue weighted by Gasteiger charge is 2.30. The third-order valence-corrected chi connectivity index (χ3v) is 7.00. The molecule has 2 aromatic heterocycles. The van der Waals surface area contributed by atoms with E-state index in [0.29, 0.717) is 36.0 Å². The number of rotatable bonds is 6. The van der Waals surface area contributed by atoms with Crippen molar-refractivity contribution < 1.29 is 9.21 Å². The highest BCUT2D eigenvalue weighted by Crippen LogP contribution is 2.27. The summed E-state index contributed by atoms with van der Waals surface area (Å²) >= 11 is 0. The number of aromatic nitrogens is 2. The zero-order chi connectivity index (χ0) is 23.7. The van der Waals surface area contributed by atoms with Gasteiger partial charge in [0.2, 0.25) is 0 Å². The Balaban J connectivity index is 1.27. The highest BCUT2D eigenvalue weighted by atomic mass is 16.3. The van der Waals surface area contributed by atoms with E-state index in [1.807, 2.05) is 30.0 Å². The van der Waals surface area contributed by atoms with Crippen LogP contribution in [0.5, 0.6) is 0 Å². The van der Waals surface area contributed by atoms with Crippen LogP contribution >= 0.6 is 0 Å². The molecule has 0 radical (unpaired) electrons. The fourth-order valence-corrected chi connectivity index (χ4v) is 5.14. The average molecular weight is 456 g/mol. The van der Waals surface area contributed by atoms with Gasteiger partial charge in [-0.3, -0.25) is 4.79 Å². The molecule has 4 aromatic rings. The maximum absolute atomic E-state index is 13.4. The largest absolute Gasteiger partial charge is 0.459 e. The predicted octanol–water partition coefficient (Wildman–Crippen LogP) is 5.05. The molecule has 2 heterocycles. The summed E-state index contributed by atoms with van der Waals surface area (Å²) in [6, 6.07) is 16.0. The monoisotopic (exact) mass is 455 g/mol. The average Bonchev–Trinajstić information content (AvgIpc) is 3.44. The SMILES string of the molecule is CCN(C(=O)c1nc2cc(C#N)ccc2[nH]1)[C@H]1CCC[C@@H](NCc2oc3ccccc3c2C)C1. The molecule has 0 saturated heterocycles. The molecule has 1 fully saturated rings. The number of imidazole rings is 1. The van der Waals surface area contributed by atoms with Crippen molar-refractivity contribution in [2.24, 2.45) is 0 Å². The fraction of sp³-hybridized carbons (Fsp3) is 0.370. The molecule has 2 N–H and O–H groups in total. The summed E-state index contributed by atoms with van der Waals surface area (Å²) in [5.74, 6) is 1.22. The van der Waals surface area contributed by atoms with Gasteiger partial charge in [-0.05, 0) is 69.4 Å². The fourth-order valence-electron chi connectivity index (χ4n) is 5.14. The molecule has 0 bridgehead atoms. The molecule has 1 aliphatic carbocycles. The Hall–Kier alpha value is -3.63. The van der Waals surface area contributed by atoms with E-state index in [-0.39, 0.29) is 11.9 Å². The van der Waals surface area contributed by atoms with Crippen molar-refractivity contribution >= 4 is 27.9 Å². The number of nitrogens with zero attached hydrogens (tertiary/aromatic N) is 3. The first-order chi connectivity index (χ1) is 16.6. The first-order valence-electron chi connectivity index (χ1n) is 12.0. The number of aryl methyl sites for hydroxylation is 1. The molecule has 34 heavy (non-hydrogen) atoms.